The number of hydrogen-bond donors (Lipinski definition) is 4. The van der Waals surface area contributed by atoms with Gasteiger partial charge in [-0.1, -0.05) is 29.4 Å². The van der Waals surface area contributed by atoms with Gasteiger partial charge in [-0.3, -0.25) is 0 Å². The van der Waals surface area contributed by atoms with E-state index in [4.69, 9.17) is 28.3 Å². The molecule has 0 aliphatic carbocycles. The van der Waals surface area contributed by atoms with Crippen LogP contribution in [0.15, 0.2) is 36.0 Å². The van der Waals surface area contributed by atoms with Gasteiger partial charge in [0, 0.05) is 65.4 Å². The van der Waals surface area contributed by atoms with Crippen LogP contribution in [0.3, 0.4) is 0 Å². The molecule has 2 radical (unpaired) electrons. The fourth-order valence-corrected chi connectivity index (χ4v) is 3.46. The maximum Gasteiger partial charge on any atom is 0.0797 e. The summed E-state index contributed by atoms with van der Waals surface area (Å²) in [5.74, 6) is 0.621. The second-order valence-corrected chi connectivity index (χ2v) is 13.2. The van der Waals surface area contributed by atoms with Crippen LogP contribution in [0.1, 0.15) is 120 Å². The number of aliphatic hydroxyl groups excluding tert-OH is 1. The molecule has 1 unspecified atom stereocenters. The van der Waals surface area contributed by atoms with E-state index in [1.807, 2.05) is 26.8 Å². The molecule has 0 aliphatic heterocycles. The van der Waals surface area contributed by atoms with Crippen molar-refractivity contribution in [2.24, 2.45) is 0 Å². The predicted octanol–water partition coefficient (Wildman–Crippen LogP) is 8.09. The number of rotatable bonds is 15. The quantitative estimate of drug-likeness (QED) is 0.0990. The standard InChI is InChI=1S/C10H18Cl2.2C10H20O2.Pa.Ta/c2*1-9(6-8-11)5-4-7-10(2,3)12;1-5-10(4,12)8-6-7-9(2,3)11;;/h6H,4-5,7-8H2,1-3H3;6,11-12H,4-5,7-8H2,1-3H3;5,11-12H,1,6-8H2,2-4H3;;. The van der Waals surface area contributed by atoms with Gasteiger partial charge in [0.25, 0.3) is 0 Å². The minimum Gasteiger partial charge on any atom is -0.392 e. The molecular weight excluding hydrogens is 907 g/mol. The summed E-state index contributed by atoms with van der Waals surface area (Å²) in [6.45, 7) is 20.8. The summed E-state index contributed by atoms with van der Waals surface area (Å²) in [6.07, 6.45) is 13.6. The Kier molecular flexibility index (Phi) is 33.8. The van der Waals surface area contributed by atoms with Gasteiger partial charge >= 0.3 is 0 Å². The van der Waals surface area contributed by atoms with Crippen molar-refractivity contribution in [3.8, 4) is 0 Å². The third kappa shape index (κ3) is 47.3. The van der Waals surface area contributed by atoms with Crippen molar-refractivity contribution < 1.29 is 75.1 Å². The molecule has 1 atom stereocenters. The van der Waals surface area contributed by atoms with Crippen LogP contribution in [-0.2, 0) is 22.4 Å². The van der Waals surface area contributed by atoms with Crippen molar-refractivity contribution in [3.63, 3.8) is 0 Å². The van der Waals surface area contributed by atoms with Crippen LogP contribution >= 0.6 is 23.2 Å². The molecule has 224 valence electrons. The molecular formula is C30H58Cl2O4PaTa. The SMILES string of the molecule is C=CC(C)(O)CCCC(C)(C)O.CC(=CCCl)CCCC(C)(C)Cl.CC(=CCO)CCCC(C)(C)O.[Pa].[Ta]. The van der Waals surface area contributed by atoms with Gasteiger partial charge in [0.2, 0.25) is 0 Å². The second-order valence-electron chi connectivity index (χ2n) is 11.9. The third-order valence-electron chi connectivity index (χ3n) is 5.48. The normalized spacial score (nSPS) is 14.0. The molecule has 0 heterocycles. The Morgan fingerprint density at radius 3 is 1.47 bits per heavy atom. The topological polar surface area (TPSA) is 80.9 Å². The van der Waals surface area contributed by atoms with Crippen LogP contribution in [0.5, 0.6) is 0 Å². The number of alkyl halides is 2. The first-order chi connectivity index (χ1) is 16.2. The van der Waals surface area contributed by atoms with Gasteiger partial charge in [0.15, 0.2) is 0 Å². The summed E-state index contributed by atoms with van der Waals surface area (Å²) in [5.41, 5.74) is 0.592. The van der Waals surface area contributed by atoms with E-state index in [1.165, 1.54) is 17.2 Å². The molecule has 0 bridgehead atoms. The van der Waals surface area contributed by atoms with E-state index in [9.17, 15) is 15.3 Å². The van der Waals surface area contributed by atoms with Crippen LogP contribution in [-0.4, -0.2) is 54.6 Å². The van der Waals surface area contributed by atoms with Gasteiger partial charge in [-0.15, -0.1) is 29.8 Å². The summed E-state index contributed by atoms with van der Waals surface area (Å²) in [7, 11) is 0. The van der Waals surface area contributed by atoms with Crippen LogP contribution in [0.4, 0.5) is 0 Å². The molecule has 0 aromatic rings. The first-order valence-electron chi connectivity index (χ1n) is 13.2. The molecule has 4 N–H and O–H groups in total. The zero-order chi connectivity index (χ0) is 29.1. The van der Waals surface area contributed by atoms with Crippen molar-refractivity contribution in [3.05, 3.63) is 36.0 Å². The number of hydrogen-bond acceptors (Lipinski definition) is 4. The van der Waals surface area contributed by atoms with E-state index in [0.717, 1.165) is 44.9 Å². The van der Waals surface area contributed by atoms with Gasteiger partial charge in [0.1, 0.15) is 0 Å². The summed E-state index contributed by atoms with van der Waals surface area (Å²) in [6, 6.07) is 0. The molecule has 0 aromatic carbocycles. The molecule has 0 amide bonds. The Hall–Kier alpha value is 1.47. The van der Waals surface area contributed by atoms with Gasteiger partial charge in [-0.2, -0.15) is 0 Å². The first kappa shape index (κ1) is 49.2. The number of aliphatic hydroxyl groups is 4. The monoisotopic (exact) mass is 964 g/mol. The minimum absolute atomic E-state index is 0. The number of halogens is 2. The summed E-state index contributed by atoms with van der Waals surface area (Å²) >= 11 is 11.6. The first-order valence-corrected chi connectivity index (χ1v) is 14.1. The van der Waals surface area contributed by atoms with Crippen molar-refractivity contribution in [2.45, 2.75) is 142 Å². The fraction of sp³-hybridized carbons (Fsp3) is 0.800. The molecule has 0 fully saturated rings. The van der Waals surface area contributed by atoms with Gasteiger partial charge in [-0.05, 0) is 120 Å². The Balaban J connectivity index is -0.000000140. The average Bonchev–Trinajstić information content (AvgIpc) is 2.66. The zero-order valence-corrected chi connectivity index (χ0v) is 35.3. The van der Waals surface area contributed by atoms with Crippen LogP contribution in [0.2, 0.25) is 0 Å². The van der Waals surface area contributed by atoms with Gasteiger partial charge in [0.05, 0.1) is 23.4 Å². The molecule has 0 saturated carbocycles. The molecule has 8 heteroatoms. The van der Waals surface area contributed by atoms with Crippen LogP contribution in [0, 0.1) is 32.3 Å². The largest absolute Gasteiger partial charge is 0.392 e. The summed E-state index contributed by atoms with van der Waals surface area (Å²) < 4.78 is 0. The molecule has 0 aromatic heterocycles. The maximum absolute atomic E-state index is 9.52. The number of allylic oxidation sites excluding steroid dienone is 3. The molecule has 38 heavy (non-hydrogen) atoms. The summed E-state index contributed by atoms with van der Waals surface area (Å²) in [5, 5.41) is 36.9. The fourth-order valence-electron chi connectivity index (χ4n) is 3.06. The average molecular weight is 966 g/mol. The van der Waals surface area contributed by atoms with E-state index < -0.39 is 16.8 Å². The van der Waals surface area contributed by atoms with Crippen molar-refractivity contribution in [1.82, 2.24) is 0 Å². The Bertz CT molecular complexity index is 581. The van der Waals surface area contributed by atoms with Crippen molar-refractivity contribution in [2.75, 3.05) is 12.5 Å². The summed E-state index contributed by atoms with van der Waals surface area (Å²) in [4.78, 5) is -0.0543. The van der Waals surface area contributed by atoms with Gasteiger partial charge < -0.3 is 20.4 Å². The van der Waals surface area contributed by atoms with Crippen LogP contribution < -0.4 is 0 Å². The second kappa shape index (κ2) is 26.1. The van der Waals surface area contributed by atoms with Crippen molar-refractivity contribution in [1.29, 1.82) is 0 Å². The molecule has 0 saturated heterocycles. The van der Waals surface area contributed by atoms with E-state index in [1.54, 1.807) is 20.8 Å². The smallest absolute Gasteiger partial charge is 0.0797 e. The van der Waals surface area contributed by atoms with Crippen LogP contribution in [0.25, 0.3) is 0 Å². The predicted molar refractivity (Wildman–Crippen MR) is 160 cm³/mol. The van der Waals surface area contributed by atoms with E-state index in [2.05, 4.69) is 33.4 Å². The Morgan fingerprint density at radius 2 is 1.13 bits per heavy atom. The van der Waals surface area contributed by atoms with Crippen molar-refractivity contribution >= 4 is 23.2 Å². The van der Waals surface area contributed by atoms with E-state index in [0.29, 0.717) is 18.7 Å². The third-order valence-corrected chi connectivity index (χ3v) is 5.82. The van der Waals surface area contributed by atoms with E-state index in [-0.39, 0.29) is 66.2 Å². The Morgan fingerprint density at radius 1 is 0.737 bits per heavy atom. The molecule has 0 spiro atoms. The minimum atomic E-state index is -0.786. The zero-order valence-electron chi connectivity index (χ0n) is 25.8. The molecule has 0 rings (SSSR count). The van der Waals surface area contributed by atoms with E-state index >= 15 is 0 Å². The molecule has 0 aliphatic rings. The Labute approximate surface area is 286 Å². The van der Waals surface area contributed by atoms with Gasteiger partial charge in [-0.25, -0.2) is 0 Å². The molecule has 4 nitrogen and oxygen atoms in total. The maximum atomic E-state index is 9.52.